The van der Waals surface area contributed by atoms with Gasteiger partial charge in [-0.1, -0.05) is 11.5 Å². The number of ether oxygens (including phenoxy) is 1. The molecule has 116 valence electrons. The van der Waals surface area contributed by atoms with Crippen molar-refractivity contribution < 1.29 is 17.9 Å². The van der Waals surface area contributed by atoms with Gasteiger partial charge in [0.1, 0.15) is 11.9 Å². The van der Waals surface area contributed by atoms with Gasteiger partial charge in [-0.3, -0.25) is 0 Å². The van der Waals surface area contributed by atoms with E-state index in [2.05, 4.69) is 16.8 Å². The molecule has 1 aliphatic carbocycles. The molecule has 0 saturated carbocycles. The van der Waals surface area contributed by atoms with Gasteiger partial charge in [-0.05, 0) is 56.1 Å². The van der Waals surface area contributed by atoms with Crippen LogP contribution in [0.4, 0.5) is 13.2 Å². The molecule has 1 atom stereocenters. The minimum absolute atomic E-state index is 0.255. The molecule has 0 fully saturated rings. The fourth-order valence-corrected chi connectivity index (χ4v) is 2.02. The number of benzene rings is 1. The number of allylic oxidation sites excluding steroid dienone is 2. The van der Waals surface area contributed by atoms with Gasteiger partial charge in [-0.15, -0.1) is 0 Å². The van der Waals surface area contributed by atoms with Crippen molar-refractivity contribution in [1.82, 2.24) is 5.32 Å². The van der Waals surface area contributed by atoms with Crippen LogP contribution in [-0.4, -0.2) is 19.7 Å². The van der Waals surface area contributed by atoms with Crippen LogP contribution in [0.2, 0.25) is 0 Å². The molecule has 1 unspecified atom stereocenters. The highest BCUT2D eigenvalue weighted by Gasteiger charge is 2.30. The third-order valence-corrected chi connectivity index (χ3v) is 3.17. The number of nitrogens with one attached hydrogen (secondary N) is 1. The Bertz CT molecular complexity index is 631. The minimum atomic E-state index is -4.34. The lowest BCUT2D eigenvalue weighted by atomic mass is 10.0. The monoisotopic (exact) mass is 307 g/mol. The topological polar surface area (TPSA) is 21.3 Å². The lowest BCUT2D eigenvalue weighted by Gasteiger charge is -2.20. The second-order valence-electron chi connectivity index (χ2n) is 4.79. The molecule has 1 aliphatic rings. The molecule has 0 bridgehead atoms. The Hall–Kier alpha value is -2.19. The van der Waals surface area contributed by atoms with E-state index in [1.807, 2.05) is 13.1 Å². The summed E-state index contributed by atoms with van der Waals surface area (Å²) < 4.78 is 43.5. The van der Waals surface area contributed by atoms with E-state index in [0.717, 1.165) is 24.3 Å². The lowest BCUT2D eigenvalue weighted by molar-refractivity contribution is -0.137. The van der Waals surface area contributed by atoms with Crippen molar-refractivity contribution >= 4 is 0 Å². The highest BCUT2D eigenvalue weighted by Crippen LogP contribution is 2.30. The number of rotatable bonds is 6. The maximum absolute atomic E-state index is 12.6. The molecule has 1 aromatic rings. The van der Waals surface area contributed by atoms with Gasteiger partial charge in [0.15, 0.2) is 0 Å². The molecule has 0 heterocycles. The molecule has 1 N–H and O–H groups in total. The Morgan fingerprint density at radius 1 is 1.18 bits per heavy atom. The summed E-state index contributed by atoms with van der Waals surface area (Å²) in [6, 6.07) is 4.73. The molecular weight excluding hydrogens is 291 g/mol. The molecular formula is C17H16F3NO. The second-order valence-corrected chi connectivity index (χ2v) is 4.79. The van der Waals surface area contributed by atoms with E-state index >= 15 is 0 Å². The van der Waals surface area contributed by atoms with Gasteiger partial charge in [0.05, 0.1) is 5.56 Å². The Morgan fingerprint density at radius 2 is 1.91 bits per heavy atom. The van der Waals surface area contributed by atoms with E-state index in [9.17, 15) is 13.2 Å². The summed E-state index contributed by atoms with van der Waals surface area (Å²) in [6.45, 7) is 0.726. The van der Waals surface area contributed by atoms with E-state index in [0.29, 0.717) is 12.2 Å². The third kappa shape index (κ3) is 4.40. The quantitative estimate of drug-likeness (QED) is 0.806. The minimum Gasteiger partial charge on any atom is -0.486 e. The van der Waals surface area contributed by atoms with Gasteiger partial charge in [0.2, 0.25) is 0 Å². The first-order valence-electron chi connectivity index (χ1n) is 6.87. The first-order valence-corrected chi connectivity index (χ1v) is 6.87. The molecule has 22 heavy (non-hydrogen) atoms. The molecule has 0 spiro atoms. The van der Waals surface area contributed by atoms with Crippen LogP contribution in [-0.2, 0) is 6.18 Å². The van der Waals surface area contributed by atoms with Gasteiger partial charge in [-0.2, -0.15) is 13.2 Å². The fourth-order valence-electron chi connectivity index (χ4n) is 2.02. The molecule has 0 radical (unpaired) electrons. The summed E-state index contributed by atoms with van der Waals surface area (Å²) in [5.74, 6) is 0.405. The molecule has 1 aromatic carbocycles. The summed E-state index contributed by atoms with van der Waals surface area (Å²) in [6.07, 6.45) is 1.46. The van der Waals surface area contributed by atoms with Crippen molar-refractivity contribution in [3.05, 3.63) is 65.1 Å². The molecule has 2 rings (SSSR count). The van der Waals surface area contributed by atoms with Crippen molar-refractivity contribution in [2.75, 3.05) is 13.6 Å². The van der Waals surface area contributed by atoms with Crippen molar-refractivity contribution in [3.63, 3.8) is 0 Å². The van der Waals surface area contributed by atoms with Crippen LogP contribution in [0.5, 0.6) is 5.75 Å². The van der Waals surface area contributed by atoms with Crippen LogP contribution in [0.1, 0.15) is 12.0 Å². The van der Waals surface area contributed by atoms with E-state index < -0.39 is 11.7 Å². The second kappa shape index (κ2) is 7.19. The summed E-state index contributed by atoms with van der Waals surface area (Å²) >= 11 is 0. The van der Waals surface area contributed by atoms with Gasteiger partial charge >= 0.3 is 6.18 Å². The molecule has 0 saturated heterocycles. The molecule has 2 nitrogen and oxygen atoms in total. The Kier molecular flexibility index (Phi) is 5.29. The number of hydrogen-bond acceptors (Lipinski definition) is 2. The van der Waals surface area contributed by atoms with Crippen LogP contribution < -0.4 is 10.1 Å². The fraction of sp³-hybridized carbons (Fsp3) is 0.294. The van der Waals surface area contributed by atoms with Crippen molar-refractivity contribution in [3.8, 4) is 5.75 Å². The number of halogens is 3. The Balaban J connectivity index is 2.11. The van der Waals surface area contributed by atoms with Crippen LogP contribution in [0.3, 0.4) is 0 Å². The summed E-state index contributed by atoms with van der Waals surface area (Å²) in [5.41, 5.74) is 5.89. The summed E-state index contributed by atoms with van der Waals surface area (Å²) in [4.78, 5) is 0. The van der Waals surface area contributed by atoms with E-state index in [-0.39, 0.29) is 6.10 Å². The number of hydrogen-bond donors (Lipinski definition) is 1. The first-order chi connectivity index (χ1) is 10.5. The van der Waals surface area contributed by atoms with Gasteiger partial charge in [0.25, 0.3) is 0 Å². The van der Waals surface area contributed by atoms with E-state index in [1.165, 1.54) is 12.1 Å². The molecule has 0 amide bonds. The third-order valence-electron chi connectivity index (χ3n) is 3.17. The summed E-state index contributed by atoms with van der Waals surface area (Å²) in [7, 11) is 1.83. The van der Waals surface area contributed by atoms with Gasteiger partial charge < -0.3 is 10.1 Å². The zero-order valence-electron chi connectivity index (χ0n) is 12.1. The van der Waals surface area contributed by atoms with Gasteiger partial charge in [-0.25, -0.2) is 0 Å². The molecule has 5 heteroatoms. The van der Waals surface area contributed by atoms with Crippen molar-refractivity contribution in [1.29, 1.82) is 0 Å². The van der Waals surface area contributed by atoms with Gasteiger partial charge in [0, 0.05) is 12.0 Å². The largest absolute Gasteiger partial charge is 0.486 e. The van der Waals surface area contributed by atoms with Crippen LogP contribution in [0, 0.1) is 0 Å². The average molecular weight is 307 g/mol. The van der Waals surface area contributed by atoms with Crippen molar-refractivity contribution in [2.45, 2.75) is 18.7 Å². The maximum atomic E-state index is 12.6. The standard InChI is InChI=1S/C17H16F3NO/c1-21-12-11-16(13-5-3-2-4-6-13)22-15-9-7-14(8-10-15)17(18,19)20/h3,5-10,16,21H,11-12H2,1H3. The normalized spacial score (nSPS) is 14.8. The van der Waals surface area contributed by atoms with E-state index in [4.69, 9.17) is 4.74 Å². The average Bonchev–Trinajstić information content (AvgIpc) is 2.52. The lowest BCUT2D eigenvalue weighted by Crippen LogP contribution is -2.24. The highest BCUT2D eigenvalue weighted by molar-refractivity contribution is 5.34. The van der Waals surface area contributed by atoms with Crippen LogP contribution in [0.25, 0.3) is 0 Å². The predicted molar refractivity (Wildman–Crippen MR) is 78.7 cm³/mol. The van der Waals surface area contributed by atoms with Crippen LogP contribution >= 0.6 is 0 Å². The molecule has 0 aromatic heterocycles. The highest BCUT2D eigenvalue weighted by atomic mass is 19.4. The predicted octanol–water partition coefficient (Wildman–Crippen LogP) is 3.87. The zero-order chi connectivity index (χ0) is 16.0. The van der Waals surface area contributed by atoms with Crippen molar-refractivity contribution in [2.24, 2.45) is 0 Å². The smallest absolute Gasteiger partial charge is 0.416 e. The van der Waals surface area contributed by atoms with Crippen LogP contribution in [0.15, 0.2) is 59.5 Å². The molecule has 0 aliphatic heterocycles. The Morgan fingerprint density at radius 3 is 2.45 bits per heavy atom. The zero-order valence-corrected chi connectivity index (χ0v) is 12.1. The maximum Gasteiger partial charge on any atom is 0.416 e. The summed E-state index contributed by atoms with van der Waals surface area (Å²) in [5, 5.41) is 3.04. The van der Waals surface area contributed by atoms with E-state index in [1.54, 1.807) is 12.2 Å². The number of alkyl halides is 3. The first kappa shape index (κ1) is 16.2. The Labute approximate surface area is 127 Å². The SMILES string of the molecule is CNCCC(Oc1ccc(C(F)(F)F)cc1)C1=CC=C=C=C1.